The minimum atomic E-state index is -2.05. The van der Waals surface area contributed by atoms with E-state index in [1.54, 1.807) is 0 Å². The second kappa shape index (κ2) is 4.82. The molecular weight excluding hydrogens is 184 g/mol. The summed E-state index contributed by atoms with van der Waals surface area (Å²) in [5.41, 5.74) is 2.30. The van der Waals surface area contributed by atoms with Crippen LogP contribution in [0.25, 0.3) is 0 Å². The lowest BCUT2D eigenvalue weighted by Crippen LogP contribution is -1.87. The molecule has 0 unspecified atom stereocenters. The van der Waals surface area contributed by atoms with Crippen molar-refractivity contribution in [2.45, 2.75) is 19.8 Å². The largest absolute Gasteiger partial charge is 0.210 e. The molecule has 0 N–H and O–H groups in total. The molecule has 3 heteroatoms. The van der Waals surface area contributed by atoms with Crippen molar-refractivity contribution in [1.82, 2.24) is 0 Å². The van der Waals surface area contributed by atoms with Gasteiger partial charge in [-0.05, 0) is 17.5 Å². The predicted molar refractivity (Wildman–Crippen MR) is 54.5 cm³/mol. The van der Waals surface area contributed by atoms with Crippen molar-refractivity contribution in [3.8, 4) is 0 Å². The number of hydrogen-bond donors (Lipinski definition) is 0. The van der Waals surface area contributed by atoms with Crippen molar-refractivity contribution in [2.24, 2.45) is 0 Å². The van der Waals surface area contributed by atoms with Gasteiger partial charge in [0.25, 0.3) is 0 Å². The van der Waals surface area contributed by atoms with Gasteiger partial charge in [-0.25, -0.2) is 0 Å². The molecule has 0 aliphatic rings. The fourth-order valence-corrected chi connectivity index (χ4v) is 1.40. The normalized spacial score (nSPS) is 9.62. The summed E-state index contributed by atoms with van der Waals surface area (Å²) in [5, 5.41) is 1.26. The van der Waals surface area contributed by atoms with Crippen LogP contribution in [0.15, 0.2) is 24.3 Å². The summed E-state index contributed by atoms with van der Waals surface area (Å²) in [6, 6.07) is 7.97. The number of benzene rings is 1. The SMILES string of the molecule is CCc1ccc(CC=S(=O)=O)cc1. The summed E-state index contributed by atoms with van der Waals surface area (Å²) in [6.45, 7) is 2.09. The van der Waals surface area contributed by atoms with Gasteiger partial charge in [0.15, 0.2) is 0 Å². The Morgan fingerprint density at radius 1 is 1.15 bits per heavy atom. The first kappa shape index (κ1) is 9.99. The number of rotatable bonds is 3. The van der Waals surface area contributed by atoms with Crippen molar-refractivity contribution in [3.05, 3.63) is 35.4 Å². The Kier molecular flexibility index (Phi) is 3.71. The summed E-state index contributed by atoms with van der Waals surface area (Å²) in [7, 11) is -2.05. The van der Waals surface area contributed by atoms with Gasteiger partial charge in [0.1, 0.15) is 0 Å². The number of aryl methyl sites for hydroxylation is 1. The summed E-state index contributed by atoms with van der Waals surface area (Å²) in [6.07, 6.45) is 1.50. The molecule has 2 nitrogen and oxygen atoms in total. The predicted octanol–water partition coefficient (Wildman–Crippen LogP) is 1.47. The van der Waals surface area contributed by atoms with E-state index >= 15 is 0 Å². The molecule has 1 aromatic rings. The molecule has 0 saturated heterocycles. The van der Waals surface area contributed by atoms with E-state index in [0.717, 1.165) is 12.0 Å². The van der Waals surface area contributed by atoms with Gasteiger partial charge >= 0.3 is 0 Å². The zero-order valence-corrected chi connectivity index (χ0v) is 8.34. The highest BCUT2D eigenvalue weighted by Gasteiger charge is 1.91. The monoisotopic (exact) mass is 196 g/mol. The Hall–Kier alpha value is -1.09. The average molecular weight is 196 g/mol. The first-order valence-corrected chi connectivity index (χ1v) is 5.35. The van der Waals surface area contributed by atoms with Gasteiger partial charge in [-0.3, -0.25) is 0 Å². The van der Waals surface area contributed by atoms with Crippen LogP contribution in [-0.2, 0) is 23.1 Å². The molecule has 0 heterocycles. The van der Waals surface area contributed by atoms with Crippen LogP contribution in [0.5, 0.6) is 0 Å². The zero-order valence-electron chi connectivity index (χ0n) is 7.53. The molecule has 70 valence electrons. The van der Waals surface area contributed by atoms with Crippen molar-refractivity contribution in [2.75, 3.05) is 0 Å². The van der Waals surface area contributed by atoms with Crippen LogP contribution in [-0.4, -0.2) is 13.8 Å². The van der Waals surface area contributed by atoms with Gasteiger partial charge in [-0.15, -0.1) is 0 Å². The van der Waals surface area contributed by atoms with Crippen LogP contribution in [0, 0.1) is 0 Å². The molecule has 0 radical (unpaired) electrons. The van der Waals surface area contributed by atoms with Gasteiger partial charge in [0.05, 0.1) is 0 Å². The van der Waals surface area contributed by atoms with E-state index in [1.165, 1.54) is 10.9 Å². The topological polar surface area (TPSA) is 34.1 Å². The third kappa shape index (κ3) is 3.42. The molecular formula is C10H12O2S. The molecule has 1 rings (SSSR count). The van der Waals surface area contributed by atoms with Crippen molar-refractivity contribution >= 4 is 15.7 Å². The van der Waals surface area contributed by atoms with E-state index in [-0.39, 0.29) is 0 Å². The molecule has 0 aromatic heterocycles. The molecule has 0 atom stereocenters. The standard InChI is InChI=1S/C10H12O2S/c1-2-9-3-5-10(6-4-9)7-8-13(11)12/h3-6,8H,2,7H2,1H3. The maximum Gasteiger partial charge on any atom is 0.210 e. The fraction of sp³-hybridized carbons (Fsp3) is 0.300. The smallest absolute Gasteiger partial charge is 0.185 e. The number of hydrogen-bond acceptors (Lipinski definition) is 2. The van der Waals surface area contributed by atoms with Crippen molar-refractivity contribution in [3.63, 3.8) is 0 Å². The van der Waals surface area contributed by atoms with Gasteiger partial charge in [-0.2, -0.15) is 8.42 Å². The van der Waals surface area contributed by atoms with Crippen LogP contribution in [0.1, 0.15) is 18.1 Å². The minimum absolute atomic E-state index is 0.486. The highest BCUT2D eigenvalue weighted by molar-refractivity contribution is 7.71. The fourth-order valence-electron chi connectivity index (χ4n) is 1.08. The molecule has 0 aliphatic carbocycles. The summed E-state index contributed by atoms with van der Waals surface area (Å²) in [5.74, 6) is 0. The summed E-state index contributed by atoms with van der Waals surface area (Å²) >= 11 is 0. The van der Waals surface area contributed by atoms with E-state index in [0.29, 0.717) is 6.42 Å². The van der Waals surface area contributed by atoms with E-state index in [2.05, 4.69) is 6.92 Å². The third-order valence-corrected chi connectivity index (χ3v) is 2.33. The van der Waals surface area contributed by atoms with E-state index in [1.807, 2.05) is 24.3 Å². The lowest BCUT2D eigenvalue weighted by atomic mass is 10.1. The van der Waals surface area contributed by atoms with Crippen LogP contribution < -0.4 is 0 Å². The summed E-state index contributed by atoms with van der Waals surface area (Å²) in [4.78, 5) is 0. The molecule has 0 spiro atoms. The third-order valence-electron chi connectivity index (χ3n) is 1.89. The maximum absolute atomic E-state index is 10.2. The average Bonchev–Trinajstić information content (AvgIpc) is 2.15. The van der Waals surface area contributed by atoms with Crippen LogP contribution in [0.2, 0.25) is 0 Å². The Bertz CT molecular complexity index is 379. The first-order valence-electron chi connectivity index (χ1n) is 4.21. The minimum Gasteiger partial charge on any atom is -0.185 e. The second-order valence-corrected chi connectivity index (χ2v) is 3.66. The lowest BCUT2D eigenvalue weighted by Gasteiger charge is -1.97. The molecule has 1 aromatic carbocycles. The lowest BCUT2D eigenvalue weighted by molar-refractivity contribution is 0.627. The molecule has 0 aliphatic heterocycles. The van der Waals surface area contributed by atoms with Gasteiger partial charge in [0, 0.05) is 11.8 Å². The van der Waals surface area contributed by atoms with Crippen molar-refractivity contribution in [1.29, 1.82) is 0 Å². The molecule has 0 saturated carbocycles. The van der Waals surface area contributed by atoms with Gasteiger partial charge < -0.3 is 0 Å². The zero-order chi connectivity index (χ0) is 9.68. The maximum atomic E-state index is 10.2. The van der Waals surface area contributed by atoms with Crippen molar-refractivity contribution < 1.29 is 8.42 Å². The Morgan fingerprint density at radius 3 is 2.15 bits per heavy atom. The molecule has 0 bridgehead atoms. The highest BCUT2D eigenvalue weighted by atomic mass is 32.2. The van der Waals surface area contributed by atoms with Crippen LogP contribution in [0.4, 0.5) is 0 Å². The van der Waals surface area contributed by atoms with E-state index in [9.17, 15) is 8.42 Å². The highest BCUT2D eigenvalue weighted by Crippen LogP contribution is 2.04. The van der Waals surface area contributed by atoms with Crippen LogP contribution >= 0.6 is 0 Å². The quantitative estimate of drug-likeness (QED) is 0.686. The molecule has 0 fully saturated rings. The van der Waals surface area contributed by atoms with Gasteiger partial charge in [0.2, 0.25) is 10.3 Å². The first-order chi connectivity index (χ1) is 6.22. The van der Waals surface area contributed by atoms with Crippen LogP contribution in [0.3, 0.4) is 0 Å². The molecule has 13 heavy (non-hydrogen) atoms. The Labute approximate surface area is 79.8 Å². The van der Waals surface area contributed by atoms with E-state index in [4.69, 9.17) is 0 Å². The summed E-state index contributed by atoms with van der Waals surface area (Å²) < 4.78 is 20.5. The van der Waals surface area contributed by atoms with E-state index < -0.39 is 10.3 Å². The Balaban J connectivity index is 2.75. The molecule has 0 amide bonds. The Morgan fingerprint density at radius 2 is 1.69 bits per heavy atom. The van der Waals surface area contributed by atoms with Gasteiger partial charge in [-0.1, -0.05) is 31.2 Å². The second-order valence-electron chi connectivity index (χ2n) is 2.80.